The maximum Gasteiger partial charge on any atom is 0.0636 e. The minimum absolute atomic E-state index is 0.288. The van der Waals surface area contributed by atoms with Crippen LogP contribution in [-0.2, 0) is 0 Å². The van der Waals surface area contributed by atoms with Gasteiger partial charge >= 0.3 is 0 Å². The summed E-state index contributed by atoms with van der Waals surface area (Å²) in [6.45, 7) is 4.53. The molecule has 0 aliphatic rings. The van der Waals surface area contributed by atoms with Crippen LogP contribution >= 0.6 is 11.8 Å². The fraction of sp³-hybridized carbons (Fsp3) is 0.500. The molecule has 0 fully saturated rings. The average molecular weight is 225 g/mol. The summed E-state index contributed by atoms with van der Waals surface area (Å²) in [6, 6.07) is 8.80. The van der Waals surface area contributed by atoms with Gasteiger partial charge in [0.1, 0.15) is 0 Å². The van der Waals surface area contributed by atoms with E-state index in [-0.39, 0.29) is 12.1 Å². The molecule has 0 unspecified atom stereocenters. The molecule has 0 bridgehead atoms. The molecule has 0 amide bonds. The number of aliphatic hydroxyl groups is 1. The number of thioether (sulfide) groups is 1. The average Bonchev–Trinajstić information content (AvgIpc) is 2.26. The Labute approximate surface area is 96.1 Å². The summed E-state index contributed by atoms with van der Waals surface area (Å²) in [5.74, 6) is 0. The van der Waals surface area contributed by atoms with Gasteiger partial charge in [0.15, 0.2) is 0 Å². The smallest absolute Gasteiger partial charge is 0.0636 e. The molecule has 0 heterocycles. The lowest BCUT2D eigenvalue weighted by Gasteiger charge is -2.15. The maximum atomic E-state index is 9.16. The number of rotatable bonds is 5. The molecule has 0 radical (unpaired) electrons. The van der Waals surface area contributed by atoms with E-state index in [9.17, 15) is 0 Å². The van der Waals surface area contributed by atoms with Crippen molar-refractivity contribution in [3.63, 3.8) is 0 Å². The van der Waals surface area contributed by atoms with Crippen LogP contribution in [0, 0.1) is 0 Å². The van der Waals surface area contributed by atoms with Crippen molar-refractivity contribution < 1.29 is 5.11 Å². The van der Waals surface area contributed by atoms with Gasteiger partial charge < -0.3 is 10.4 Å². The Kier molecular flexibility index (Phi) is 5.15. The van der Waals surface area contributed by atoms with E-state index in [1.165, 1.54) is 10.5 Å². The number of aliphatic hydroxyl groups excluding tert-OH is 1. The molecule has 0 saturated carbocycles. The third kappa shape index (κ3) is 4.24. The Morgan fingerprint density at radius 2 is 1.87 bits per heavy atom. The van der Waals surface area contributed by atoms with Crippen LogP contribution in [0.3, 0.4) is 0 Å². The molecule has 3 heteroatoms. The summed E-state index contributed by atoms with van der Waals surface area (Å²) in [5, 5.41) is 12.4. The van der Waals surface area contributed by atoms with Gasteiger partial charge in [0.25, 0.3) is 0 Å². The first-order valence-electron chi connectivity index (χ1n) is 5.19. The van der Waals surface area contributed by atoms with Crippen molar-refractivity contribution in [2.75, 3.05) is 12.8 Å². The molecule has 0 spiro atoms. The molecule has 0 aromatic heterocycles. The van der Waals surface area contributed by atoms with E-state index in [0.717, 1.165) is 0 Å². The lowest BCUT2D eigenvalue weighted by Crippen LogP contribution is -2.27. The zero-order valence-electron chi connectivity index (χ0n) is 9.53. The SMILES string of the molecule is CSc1ccc([C@H](C)NC[C@H](C)O)cc1. The van der Waals surface area contributed by atoms with Crippen molar-refractivity contribution in [2.24, 2.45) is 0 Å². The van der Waals surface area contributed by atoms with Gasteiger partial charge in [-0.3, -0.25) is 0 Å². The predicted octanol–water partition coefficient (Wildman–Crippen LogP) is 2.44. The Morgan fingerprint density at radius 1 is 1.27 bits per heavy atom. The van der Waals surface area contributed by atoms with Crippen LogP contribution in [0.4, 0.5) is 0 Å². The summed E-state index contributed by atoms with van der Waals surface area (Å²) < 4.78 is 0. The third-order valence-corrected chi connectivity index (χ3v) is 3.08. The summed E-state index contributed by atoms with van der Waals surface area (Å²) in [4.78, 5) is 1.28. The van der Waals surface area contributed by atoms with E-state index in [0.29, 0.717) is 6.54 Å². The highest BCUT2D eigenvalue weighted by Crippen LogP contribution is 2.18. The van der Waals surface area contributed by atoms with Gasteiger partial charge in [-0.25, -0.2) is 0 Å². The molecule has 1 aromatic carbocycles. The molecule has 2 nitrogen and oxygen atoms in total. The fourth-order valence-corrected chi connectivity index (χ4v) is 1.77. The topological polar surface area (TPSA) is 32.3 Å². The molecule has 2 N–H and O–H groups in total. The maximum absolute atomic E-state index is 9.16. The molecule has 1 aromatic rings. The summed E-state index contributed by atoms with van der Waals surface area (Å²) in [7, 11) is 0. The highest BCUT2D eigenvalue weighted by atomic mass is 32.2. The van der Waals surface area contributed by atoms with E-state index in [4.69, 9.17) is 5.11 Å². The van der Waals surface area contributed by atoms with Crippen LogP contribution in [0.2, 0.25) is 0 Å². The number of nitrogens with one attached hydrogen (secondary N) is 1. The van der Waals surface area contributed by atoms with Crippen molar-refractivity contribution >= 4 is 11.8 Å². The molecular weight excluding hydrogens is 206 g/mol. The van der Waals surface area contributed by atoms with E-state index < -0.39 is 0 Å². The van der Waals surface area contributed by atoms with Crippen LogP contribution in [0.5, 0.6) is 0 Å². The highest BCUT2D eigenvalue weighted by Gasteiger charge is 2.05. The van der Waals surface area contributed by atoms with Crippen molar-refractivity contribution in [1.82, 2.24) is 5.32 Å². The lowest BCUT2D eigenvalue weighted by atomic mass is 10.1. The Balaban J connectivity index is 2.54. The Morgan fingerprint density at radius 3 is 2.33 bits per heavy atom. The monoisotopic (exact) mass is 225 g/mol. The minimum atomic E-state index is -0.294. The van der Waals surface area contributed by atoms with Crippen LogP contribution < -0.4 is 5.32 Å². The van der Waals surface area contributed by atoms with Gasteiger partial charge in [0.2, 0.25) is 0 Å². The number of benzene rings is 1. The lowest BCUT2D eigenvalue weighted by molar-refractivity contribution is 0.187. The zero-order chi connectivity index (χ0) is 11.3. The fourth-order valence-electron chi connectivity index (χ4n) is 1.36. The van der Waals surface area contributed by atoms with Crippen LogP contribution in [0.25, 0.3) is 0 Å². The second-order valence-electron chi connectivity index (χ2n) is 3.75. The van der Waals surface area contributed by atoms with Crippen molar-refractivity contribution in [2.45, 2.75) is 30.9 Å². The van der Waals surface area contributed by atoms with Crippen molar-refractivity contribution in [1.29, 1.82) is 0 Å². The first-order valence-corrected chi connectivity index (χ1v) is 6.41. The number of hydrogen-bond acceptors (Lipinski definition) is 3. The molecular formula is C12H19NOS. The van der Waals surface area contributed by atoms with Gasteiger partial charge in [-0.05, 0) is 37.8 Å². The Hall–Kier alpha value is -0.510. The Bertz CT molecular complexity index is 284. The first kappa shape index (κ1) is 12.6. The van der Waals surface area contributed by atoms with Gasteiger partial charge in [-0.1, -0.05) is 12.1 Å². The molecule has 15 heavy (non-hydrogen) atoms. The zero-order valence-corrected chi connectivity index (χ0v) is 10.3. The summed E-state index contributed by atoms with van der Waals surface area (Å²) in [6.07, 6.45) is 1.78. The predicted molar refractivity (Wildman–Crippen MR) is 66.3 cm³/mol. The van der Waals surface area contributed by atoms with Crippen molar-refractivity contribution in [3.8, 4) is 0 Å². The van der Waals surface area contributed by atoms with Crippen LogP contribution in [0.15, 0.2) is 29.2 Å². The van der Waals surface area contributed by atoms with Gasteiger partial charge in [0.05, 0.1) is 6.10 Å². The molecule has 2 atom stereocenters. The quantitative estimate of drug-likeness (QED) is 0.755. The van der Waals surface area contributed by atoms with Gasteiger partial charge in [-0.2, -0.15) is 0 Å². The molecule has 0 saturated heterocycles. The van der Waals surface area contributed by atoms with Crippen LogP contribution in [0.1, 0.15) is 25.5 Å². The van der Waals surface area contributed by atoms with E-state index in [2.05, 4.69) is 42.8 Å². The number of hydrogen-bond donors (Lipinski definition) is 2. The van der Waals surface area contributed by atoms with E-state index in [1.807, 2.05) is 0 Å². The molecule has 0 aliphatic carbocycles. The third-order valence-electron chi connectivity index (χ3n) is 2.34. The first-order chi connectivity index (χ1) is 7.13. The summed E-state index contributed by atoms with van der Waals surface area (Å²) >= 11 is 1.75. The van der Waals surface area contributed by atoms with E-state index >= 15 is 0 Å². The second kappa shape index (κ2) is 6.16. The molecule has 0 aliphatic heterocycles. The van der Waals surface area contributed by atoms with Crippen LogP contribution in [-0.4, -0.2) is 24.0 Å². The van der Waals surface area contributed by atoms with Crippen molar-refractivity contribution in [3.05, 3.63) is 29.8 Å². The molecule has 84 valence electrons. The minimum Gasteiger partial charge on any atom is -0.392 e. The highest BCUT2D eigenvalue weighted by molar-refractivity contribution is 7.98. The van der Waals surface area contributed by atoms with Gasteiger partial charge in [-0.15, -0.1) is 11.8 Å². The normalized spacial score (nSPS) is 14.9. The van der Waals surface area contributed by atoms with Gasteiger partial charge in [0, 0.05) is 17.5 Å². The second-order valence-corrected chi connectivity index (χ2v) is 4.63. The molecule has 1 rings (SSSR count). The standard InChI is InChI=1S/C12H19NOS/c1-9(14)8-13-10(2)11-4-6-12(15-3)7-5-11/h4-7,9-10,13-14H,8H2,1-3H3/t9-,10-/m0/s1. The summed E-state index contributed by atoms with van der Waals surface area (Å²) in [5.41, 5.74) is 1.26. The van der Waals surface area contributed by atoms with E-state index in [1.54, 1.807) is 18.7 Å². The largest absolute Gasteiger partial charge is 0.392 e.